The normalized spacial score (nSPS) is 10.5. The molecule has 4 aromatic rings. The highest BCUT2D eigenvalue weighted by Gasteiger charge is 1.94. The van der Waals surface area contributed by atoms with Gasteiger partial charge in [-0.2, -0.15) is 0 Å². The predicted octanol–water partition coefficient (Wildman–Crippen LogP) is 5.02. The summed E-state index contributed by atoms with van der Waals surface area (Å²) >= 11 is 9.74. The molecule has 0 bridgehead atoms. The monoisotopic (exact) mass is 315 g/mol. The Hall–Kier alpha value is -2.18. The Morgan fingerprint density at radius 1 is 0.857 bits per heavy atom. The molecule has 0 spiro atoms. The molecule has 2 aromatic carbocycles. The fourth-order valence-corrected chi connectivity index (χ4v) is 2.46. The highest BCUT2D eigenvalue weighted by molar-refractivity contribution is 7.71. The minimum absolute atomic E-state index is 0.432. The van der Waals surface area contributed by atoms with Crippen LogP contribution in [0.15, 0.2) is 46.9 Å². The van der Waals surface area contributed by atoms with Gasteiger partial charge in [0.1, 0.15) is 0 Å². The van der Waals surface area contributed by atoms with Gasteiger partial charge in [-0.15, -0.1) is 0 Å². The number of oxazole rings is 1. The lowest BCUT2D eigenvalue weighted by atomic mass is 10.2. The van der Waals surface area contributed by atoms with E-state index in [1.165, 1.54) is 5.56 Å². The Bertz CT molecular complexity index is 971. The van der Waals surface area contributed by atoms with E-state index < -0.39 is 0 Å². The SMILES string of the molecule is Cc1ccc2[nH]c(=S)[nH]c2c1.S=c1[nH]c2ccccc2o1. The summed E-state index contributed by atoms with van der Waals surface area (Å²) in [6, 6.07) is 13.8. The smallest absolute Gasteiger partial charge is 0.266 e. The van der Waals surface area contributed by atoms with Crippen LogP contribution < -0.4 is 0 Å². The van der Waals surface area contributed by atoms with Gasteiger partial charge in [0.2, 0.25) is 0 Å². The van der Waals surface area contributed by atoms with Crippen LogP contribution in [0.3, 0.4) is 0 Å². The number of aromatic amines is 3. The van der Waals surface area contributed by atoms with Crippen molar-refractivity contribution in [1.29, 1.82) is 0 Å². The van der Waals surface area contributed by atoms with Crippen molar-refractivity contribution in [2.45, 2.75) is 6.92 Å². The van der Waals surface area contributed by atoms with Crippen molar-refractivity contribution in [1.82, 2.24) is 15.0 Å². The quantitative estimate of drug-likeness (QED) is 0.399. The second kappa shape index (κ2) is 5.67. The van der Waals surface area contributed by atoms with Crippen LogP contribution in [0.5, 0.6) is 0 Å². The molecule has 0 fully saturated rings. The molecule has 21 heavy (non-hydrogen) atoms. The van der Waals surface area contributed by atoms with Crippen molar-refractivity contribution in [2.24, 2.45) is 0 Å². The molecular formula is C15H13N3OS2. The molecule has 4 nitrogen and oxygen atoms in total. The molecule has 2 aromatic heterocycles. The molecule has 0 aliphatic heterocycles. The largest absolute Gasteiger partial charge is 0.429 e. The van der Waals surface area contributed by atoms with Crippen molar-refractivity contribution in [3.8, 4) is 0 Å². The summed E-state index contributed by atoms with van der Waals surface area (Å²) in [7, 11) is 0. The van der Waals surface area contributed by atoms with Gasteiger partial charge < -0.3 is 19.4 Å². The third-order valence-corrected chi connectivity index (χ3v) is 3.39. The van der Waals surface area contributed by atoms with Crippen LogP contribution in [0.25, 0.3) is 22.1 Å². The topological polar surface area (TPSA) is 60.5 Å². The molecule has 6 heteroatoms. The molecule has 106 valence electrons. The lowest BCUT2D eigenvalue weighted by Gasteiger charge is -1.89. The molecule has 0 aliphatic rings. The molecule has 3 N–H and O–H groups in total. The van der Waals surface area contributed by atoms with E-state index in [0.29, 0.717) is 9.61 Å². The van der Waals surface area contributed by atoms with Crippen LogP contribution in [0.1, 0.15) is 5.56 Å². The fourth-order valence-electron chi connectivity index (χ4n) is 2.04. The average Bonchev–Trinajstić information content (AvgIpc) is 2.99. The Morgan fingerprint density at radius 2 is 1.62 bits per heavy atom. The maximum Gasteiger partial charge on any atom is 0.266 e. The van der Waals surface area contributed by atoms with Crippen LogP contribution in [-0.2, 0) is 0 Å². The van der Waals surface area contributed by atoms with Crippen molar-refractivity contribution in [3.05, 3.63) is 57.6 Å². The number of imidazole rings is 1. The molecule has 0 atom stereocenters. The maximum absolute atomic E-state index is 5.13. The van der Waals surface area contributed by atoms with E-state index in [1.807, 2.05) is 30.3 Å². The van der Waals surface area contributed by atoms with Gasteiger partial charge in [0.15, 0.2) is 10.4 Å². The Kier molecular flexibility index (Phi) is 3.72. The number of fused-ring (bicyclic) bond motifs is 2. The van der Waals surface area contributed by atoms with Gasteiger partial charge in [-0.05, 0) is 61.2 Å². The van der Waals surface area contributed by atoms with Gasteiger partial charge >= 0.3 is 0 Å². The molecule has 2 heterocycles. The number of aryl methyl sites for hydroxylation is 1. The molecule has 0 saturated heterocycles. The Balaban J connectivity index is 0.000000126. The van der Waals surface area contributed by atoms with E-state index in [2.05, 4.69) is 34.0 Å². The number of aromatic nitrogens is 3. The highest BCUT2D eigenvalue weighted by atomic mass is 32.1. The Labute approximate surface area is 130 Å². The molecule has 0 unspecified atom stereocenters. The minimum Gasteiger partial charge on any atom is -0.429 e. The standard InChI is InChI=1S/C8H8N2S.C7H5NOS/c1-5-2-3-6-7(4-5)10-8(11)9-6;10-7-8-5-3-1-2-4-6(5)9-7/h2-4H,1H3,(H2,9,10,11);1-4H,(H,8,10). The molecule has 0 amide bonds. The maximum atomic E-state index is 5.13. The van der Waals surface area contributed by atoms with Crippen molar-refractivity contribution in [2.75, 3.05) is 0 Å². The number of para-hydroxylation sites is 2. The highest BCUT2D eigenvalue weighted by Crippen LogP contribution is 2.11. The summed E-state index contributed by atoms with van der Waals surface area (Å²) < 4.78 is 5.81. The fraction of sp³-hybridized carbons (Fsp3) is 0.0667. The summed E-state index contributed by atoms with van der Waals surface area (Å²) in [5.74, 6) is 0. The summed E-state index contributed by atoms with van der Waals surface area (Å²) in [6.45, 7) is 2.06. The van der Waals surface area contributed by atoms with Gasteiger partial charge in [0.25, 0.3) is 4.84 Å². The molecule has 0 saturated carbocycles. The number of rotatable bonds is 0. The van der Waals surface area contributed by atoms with Crippen LogP contribution >= 0.6 is 24.4 Å². The third-order valence-electron chi connectivity index (χ3n) is 3.00. The first-order valence-corrected chi connectivity index (χ1v) is 7.20. The van der Waals surface area contributed by atoms with Gasteiger partial charge in [0, 0.05) is 0 Å². The van der Waals surface area contributed by atoms with Gasteiger partial charge in [0.05, 0.1) is 16.6 Å². The lowest BCUT2D eigenvalue weighted by Crippen LogP contribution is -1.71. The van der Waals surface area contributed by atoms with Crippen molar-refractivity contribution in [3.63, 3.8) is 0 Å². The number of H-pyrrole nitrogens is 3. The zero-order valence-corrected chi connectivity index (χ0v) is 12.9. The van der Waals surface area contributed by atoms with Crippen molar-refractivity contribution >= 4 is 46.6 Å². The van der Waals surface area contributed by atoms with E-state index in [-0.39, 0.29) is 0 Å². The molecular weight excluding hydrogens is 302 g/mol. The number of hydrogen-bond donors (Lipinski definition) is 3. The molecule has 0 aliphatic carbocycles. The number of nitrogens with one attached hydrogen (secondary N) is 3. The van der Waals surface area contributed by atoms with E-state index in [0.717, 1.165) is 22.1 Å². The summed E-state index contributed by atoms with van der Waals surface area (Å²) in [5, 5.41) is 0. The average molecular weight is 315 g/mol. The van der Waals surface area contributed by atoms with Crippen LogP contribution in [0.4, 0.5) is 0 Å². The van der Waals surface area contributed by atoms with Crippen LogP contribution in [-0.4, -0.2) is 15.0 Å². The van der Waals surface area contributed by atoms with E-state index in [9.17, 15) is 0 Å². The zero-order valence-electron chi connectivity index (χ0n) is 11.3. The minimum atomic E-state index is 0.432. The van der Waals surface area contributed by atoms with Gasteiger partial charge in [-0.3, -0.25) is 0 Å². The lowest BCUT2D eigenvalue weighted by molar-refractivity contribution is 0.583. The zero-order chi connectivity index (χ0) is 14.8. The first-order chi connectivity index (χ1) is 10.1. The van der Waals surface area contributed by atoms with Crippen LogP contribution in [0.2, 0.25) is 0 Å². The second-order valence-corrected chi connectivity index (χ2v) is 5.42. The molecule has 0 radical (unpaired) electrons. The number of hydrogen-bond acceptors (Lipinski definition) is 3. The summed E-state index contributed by atoms with van der Waals surface area (Å²) in [4.78, 5) is 9.44. The first-order valence-electron chi connectivity index (χ1n) is 6.38. The van der Waals surface area contributed by atoms with Gasteiger partial charge in [-0.25, -0.2) is 0 Å². The molecule has 4 rings (SSSR count). The first kappa shape index (κ1) is 13.8. The Morgan fingerprint density at radius 3 is 2.43 bits per heavy atom. The summed E-state index contributed by atoms with van der Waals surface area (Å²) in [5.41, 5.74) is 5.15. The van der Waals surface area contributed by atoms with Crippen LogP contribution in [0, 0.1) is 16.5 Å². The third kappa shape index (κ3) is 3.12. The van der Waals surface area contributed by atoms with Gasteiger partial charge in [-0.1, -0.05) is 18.2 Å². The number of benzene rings is 2. The summed E-state index contributed by atoms with van der Waals surface area (Å²) in [6.07, 6.45) is 0. The van der Waals surface area contributed by atoms with E-state index in [4.69, 9.17) is 28.9 Å². The van der Waals surface area contributed by atoms with E-state index in [1.54, 1.807) is 0 Å². The van der Waals surface area contributed by atoms with E-state index >= 15 is 0 Å². The second-order valence-electron chi connectivity index (χ2n) is 4.64. The van der Waals surface area contributed by atoms with Crippen molar-refractivity contribution < 1.29 is 4.42 Å². The predicted molar refractivity (Wildman–Crippen MR) is 89.6 cm³/mol.